The lowest BCUT2D eigenvalue weighted by atomic mass is 10.3. The Morgan fingerprint density at radius 2 is 2.19 bits per heavy atom. The highest BCUT2D eigenvalue weighted by Crippen LogP contribution is 2.14. The number of H-pyrrole nitrogens is 1. The quantitative estimate of drug-likeness (QED) is 0.660. The normalized spacial score (nSPS) is 11.3. The van der Waals surface area contributed by atoms with Crippen molar-refractivity contribution in [1.29, 1.82) is 0 Å². The number of hydrogen-bond acceptors (Lipinski definition) is 3. The summed E-state index contributed by atoms with van der Waals surface area (Å²) in [6.07, 6.45) is 0.744. The number of aromatic amines is 1. The minimum Gasteiger partial charge on any atom is -0.274 e. The molecule has 0 saturated heterocycles. The molecule has 0 unspecified atom stereocenters. The number of nitrogens with one attached hydrogen (secondary N) is 1. The fourth-order valence-electron chi connectivity index (χ4n) is 1.89. The standard InChI is InChI=1S/C11H10N4O/c1-2-9-13-14-11(16)10-12-7-5-3-4-6-8(7)15(9)10/h3-6H,2H2,1H3,(H,14,16). The van der Waals surface area contributed by atoms with E-state index in [9.17, 15) is 4.79 Å². The average molecular weight is 214 g/mol. The molecule has 0 atom stereocenters. The van der Waals surface area contributed by atoms with E-state index in [2.05, 4.69) is 15.2 Å². The van der Waals surface area contributed by atoms with Gasteiger partial charge < -0.3 is 0 Å². The van der Waals surface area contributed by atoms with Crippen LogP contribution in [-0.4, -0.2) is 19.6 Å². The van der Waals surface area contributed by atoms with Crippen molar-refractivity contribution in [1.82, 2.24) is 19.6 Å². The molecule has 0 bridgehead atoms. The van der Waals surface area contributed by atoms with Crippen molar-refractivity contribution in [3.8, 4) is 0 Å². The lowest BCUT2D eigenvalue weighted by Gasteiger charge is -2.00. The maximum Gasteiger partial charge on any atom is 0.307 e. The Bertz CT molecular complexity index is 726. The molecule has 0 aliphatic heterocycles. The minimum absolute atomic E-state index is 0.256. The maximum absolute atomic E-state index is 11.6. The van der Waals surface area contributed by atoms with Crippen LogP contribution in [0.3, 0.4) is 0 Å². The summed E-state index contributed by atoms with van der Waals surface area (Å²) >= 11 is 0. The molecule has 16 heavy (non-hydrogen) atoms. The van der Waals surface area contributed by atoms with E-state index in [1.54, 1.807) is 0 Å². The van der Waals surface area contributed by atoms with Gasteiger partial charge in [-0.1, -0.05) is 19.1 Å². The van der Waals surface area contributed by atoms with E-state index in [0.29, 0.717) is 5.65 Å². The molecule has 1 aromatic carbocycles. The number of imidazole rings is 1. The lowest BCUT2D eigenvalue weighted by Crippen LogP contribution is -2.15. The van der Waals surface area contributed by atoms with Crippen molar-refractivity contribution >= 4 is 16.7 Å². The molecular weight excluding hydrogens is 204 g/mol. The predicted molar refractivity (Wildman–Crippen MR) is 60.5 cm³/mol. The number of rotatable bonds is 1. The molecule has 80 valence electrons. The first-order valence-electron chi connectivity index (χ1n) is 5.16. The van der Waals surface area contributed by atoms with Gasteiger partial charge in [-0.05, 0) is 12.1 Å². The van der Waals surface area contributed by atoms with Gasteiger partial charge in [0.25, 0.3) is 0 Å². The molecule has 0 aliphatic carbocycles. The van der Waals surface area contributed by atoms with Crippen LogP contribution in [0.15, 0.2) is 29.1 Å². The highest BCUT2D eigenvalue weighted by molar-refractivity contribution is 5.80. The highest BCUT2D eigenvalue weighted by Gasteiger charge is 2.10. The summed E-state index contributed by atoms with van der Waals surface area (Å²) in [5, 5.41) is 6.50. The molecule has 3 aromatic rings. The van der Waals surface area contributed by atoms with Crippen LogP contribution in [-0.2, 0) is 6.42 Å². The molecular formula is C11H10N4O. The van der Waals surface area contributed by atoms with Gasteiger partial charge in [0.15, 0.2) is 0 Å². The van der Waals surface area contributed by atoms with Gasteiger partial charge in [-0.2, -0.15) is 5.10 Å². The smallest absolute Gasteiger partial charge is 0.274 e. The Morgan fingerprint density at radius 3 is 3.00 bits per heavy atom. The van der Waals surface area contributed by atoms with Crippen LogP contribution in [0.25, 0.3) is 16.7 Å². The van der Waals surface area contributed by atoms with Crippen LogP contribution in [0.2, 0.25) is 0 Å². The first kappa shape index (κ1) is 9.08. The second-order valence-electron chi connectivity index (χ2n) is 3.58. The molecule has 0 amide bonds. The van der Waals surface area contributed by atoms with E-state index in [4.69, 9.17) is 0 Å². The number of hydrogen-bond donors (Lipinski definition) is 1. The van der Waals surface area contributed by atoms with Crippen LogP contribution in [0.1, 0.15) is 12.7 Å². The van der Waals surface area contributed by atoms with Gasteiger partial charge in [-0.25, -0.2) is 10.1 Å². The van der Waals surface area contributed by atoms with Crippen LogP contribution in [0.5, 0.6) is 0 Å². The van der Waals surface area contributed by atoms with E-state index in [1.807, 2.05) is 35.6 Å². The summed E-state index contributed by atoms with van der Waals surface area (Å²) in [4.78, 5) is 15.9. The summed E-state index contributed by atoms with van der Waals surface area (Å²) in [7, 11) is 0. The summed E-state index contributed by atoms with van der Waals surface area (Å²) in [6, 6.07) is 7.66. The number of fused-ring (bicyclic) bond motifs is 3. The van der Waals surface area contributed by atoms with Crippen molar-refractivity contribution in [2.45, 2.75) is 13.3 Å². The van der Waals surface area contributed by atoms with E-state index < -0.39 is 0 Å². The third-order valence-electron chi connectivity index (χ3n) is 2.62. The molecule has 0 aliphatic rings. The van der Waals surface area contributed by atoms with E-state index in [0.717, 1.165) is 23.3 Å². The Labute approximate surface area is 90.8 Å². The number of para-hydroxylation sites is 2. The van der Waals surface area contributed by atoms with Crippen LogP contribution < -0.4 is 5.56 Å². The highest BCUT2D eigenvalue weighted by atomic mass is 16.1. The van der Waals surface area contributed by atoms with Gasteiger partial charge in [0.1, 0.15) is 5.82 Å². The molecule has 2 heterocycles. The zero-order chi connectivity index (χ0) is 11.1. The molecule has 0 radical (unpaired) electrons. The second-order valence-corrected chi connectivity index (χ2v) is 3.58. The number of aryl methyl sites for hydroxylation is 1. The van der Waals surface area contributed by atoms with Crippen molar-refractivity contribution in [3.63, 3.8) is 0 Å². The largest absolute Gasteiger partial charge is 0.307 e. The van der Waals surface area contributed by atoms with Gasteiger partial charge in [0, 0.05) is 6.42 Å². The van der Waals surface area contributed by atoms with E-state index >= 15 is 0 Å². The monoisotopic (exact) mass is 214 g/mol. The Kier molecular flexibility index (Phi) is 1.80. The predicted octanol–water partition coefficient (Wildman–Crippen LogP) is 1.13. The van der Waals surface area contributed by atoms with Gasteiger partial charge in [-0.15, -0.1) is 0 Å². The SMILES string of the molecule is CCc1n[nH]c(=O)c2nc3ccccc3n12. The fourth-order valence-corrected chi connectivity index (χ4v) is 1.89. The van der Waals surface area contributed by atoms with Crippen molar-refractivity contribution in [2.24, 2.45) is 0 Å². The second kappa shape index (κ2) is 3.16. The fraction of sp³-hybridized carbons (Fsp3) is 0.182. The maximum atomic E-state index is 11.6. The van der Waals surface area contributed by atoms with Gasteiger partial charge in [0.05, 0.1) is 11.0 Å². The molecule has 2 aromatic heterocycles. The summed E-state index contributed by atoms with van der Waals surface area (Å²) < 4.78 is 1.81. The molecule has 0 spiro atoms. The molecule has 5 nitrogen and oxygen atoms in total. The van der Waals surface area contributed by atoms with Crippen LogP contribution >= 0.6 is 0 Å². The van der Waals surface area contributed by atoms with Crippen LogP contribution in [0.4, 0.5) is 0 Å². The summed E-state index contributed by atoms with van der Waals surface area (Å²) in [6.45, 7) is 1.99. The number of aromatic nitrogens is 4. The third kappa shape index (κ3) is 1.08. The van der Waals surface area contributed by atoms with E-state index in [-0.39, 0.29) is 5.56 Å². The first-order chi connectivity index (χ1) is 7.81. The van der Waals surface area contributed by atoms with Crippen molar-refractivity contribution < 1.29 is 0 Å². The van der Waals surface area contributed by atoms with Gasteiger partial charge in [-0.3, -0.25) is 9.20 Å². The van der Waals surface area contributed by atoms with E-state index in [1.165, 1.54) is 0 Å². The molecule has 1 N–H and O–H groups in total. The van der Waals surface area contributed by atoms with Gasteiger partial charge >= 0.3 is 5.56 Å². The number of nitrogens with zero attached hydrogens (tertiary/aromatic N) is 3. The third-order valence-corrected chi connectivity index (χ3v) is 2.62. The minimum atomic E-state index is -0.256. The molecule has 3 rings (SSSR count). The molecule has 5 heteroatoms. The molecule has 0 saturated carbocycles. The first-order valence-corrected chi connectivity index (χ1v) is 5.16. The summed E-state index contributed by atoms with van der Waals surface area (Å²) in [5.41, 5.74) is 1.89. The topological polar surface area (TPSA) is 63.0 Å². The number of benzene rings is 1. The van der Waals surface area contributed by atoms with Crippen molar-refractivity contribution in [2.75, 3.05) is 0 Å². The van der Waals surface area contributed by atoms with Crippen molar-refractivity contribution in [3.05, 3.63) is 40.4 Å². The summed E-state index contributed by atoms with van der Waals surface area (Å²) in [5.74, 6) is 0.809. The molecule has 0 fully saturated rings. The average Bonchev–Trinajstić information content (AvgIpc) is 2.70. The Hall–Kier alpha value is -2.17. The lowest BCUT2D eigenvalue weighted by molar-refractivity contribution is 0.815. The Morgan fingerprint density at radius 1 is 1.38 bits per heavy atom. The van der Waals surface area contributed by atoms with Gasteiger partial charge in [0.2, 0.25) is 5.65 Å². The Balaban J connectivity index is 2.64. The zero-order valence-electron chi connectivity index (χ0n) is 8.77. The van der Waals surface area contributed by atoms with Crippen LogP contribution in [0, 0.1) is 0 Å². The zero-order valence-corrected chi connectivity index (χ0v) is 8.77.